The maximum Gasteiger partial charge on any atom is 0.144 e. The Labute approximate surface area is 111 Å². The summed E-state index contributed by atoms with van der Waals surface area (Å²) in [5.74, 6) is 0.859. The van der Waals surface area contributed by atoms with Crippen molar-refractivity contribution in [3.63, 3.8) is 0 Å². The van der Waals surface area contributed by atoms with E-state index in [9.17, 15) is 0 Å². The molecular formula is C14H26N4. The third kappa shape index (κ3) is 4.26. The van der Waals surface area contributed by atoms with Gasteiger partial charge in [0.05, 0.1) is 18.1 Å². The molecule has 4 nitrogen and oxygen atoms in total. The SMILES string of the molecule is CCCNc1cnc(CN(C)C(C)(C)CC)cn1. The Bertz CT molecular complexity index is 345. The predicted octanol–water partition coefficient (Wildman–Crippen LogP) is 2.92. The first-order chi connectivity index (χ1) is 8.49. The number of hydrogen-bond acceptors (Lipinski definition) is 4. The summed E-state index contributed by atoms with van der Waals surface area (Å²) < 4.78 is 0. The monoisotopic (exact) mass is 250 g/mol. The number of nitrogens with one attached hydrogen (secondary N) is 1. The van der Waals surface area contributed by atoms with Crippen LogP contribution in [-0.4, -0.2) is 34.0 Å². The van der Waals surface area contributed by atoms with E-state index in [1.54, 1.807) is 0 Å². The highest BCUT2D eigenvalue weighted by molar-refractivity contribution is 5.30. The summed E-state index contributed by atoms with van der Waals surface area (Å²) in [5.41, 5.74) is 1.21. The molecule has 0 saturated carbocycles. The van der Waals surface area contributed by atoms with Crippen LogP contribution in [0.5, 0.6) is 0 Å². The van der Waals surface area contributed by atoms with Gasteiger partial charge in [-0.2, -0.15) is 0 Å². The molecule has 0 atom stereocenters. The molecule has 0 unspecified atom stereocenters. The fourth-order valence-corrected chi connectivity index (χ4v) is 1.51. The minimum absolute atomic E-state index is 0.195. The molecule has 0 aliphatic heterocycles. The van der Waals surface area contributed by atoms with Gasteiger partial charge in [-0.05, 0) is 33.7 Å². The molecule has 102 valence electrons. The van der Waals surface area contributed by atoms with Crippen molar-refractivity contribution >= 4 is 5.82 Å². The molecule has 0 bridgehead atoms. The average molecular weight is 250 g/mol. The molecule has 1 rings (SSSR count). The predicted molar refractivity (Wildman–Crippen MR) is 76.6 cm³/mol. The average Bonchev–Trinajstić information content (AvgIpc) is 2.37. The van der Waals surface area contributed by atoms with Gasteiger partial charge >= 0.3 is 0 Å². The van der Waals surface area contributed by atoms with Crippen LogP contribution in [0.1, 0.15) is 46.2 Å². The van der Waals surface area contributed by atoms with Crippen molar-refractivity contribution in [3.8, 4) is 0 Å². The Morgan fingerprint density at radius 1 is 1.22 bits per heavy atom. The zero-order valence-corrected chi connectivity index (χ0v) is 12.3. The normalized spacial score (nSPS) is 11.9. The molecule has 0 spiro atoms. The first kappa shape index (κ1) is 14.9. The Balaban J connectivity index is 2.58. The molecule has 0 aromatic carbocycles. The number of hydrogen-bond donors (Lipinski definition) is 1. The van der Waals surface area contributed by atoms with E-state index in [0.29, 0.717) is 0 Å². The van der Waals surface area contributed by atoms with Crippen molar-refractivity contribution in [2.24, 2.45) is 0 Å². The van der Waals surface area contributed by atoms with E-state index in [4.69, 9.17) is 0 Å². The van der Waals surface area contributed by atoms with E-state index in [1.807, 2.05) is 12.4 Å². The van der Waals surface area contributed by atoms with Crippen molar-refractivity contribution in [2.45, 2.75) is 52.6 Å². The standard InChI is InChI=1S/C14H26N4/c1-6-8-15-13-10-16-12(9-17-13)11-18(5)14(3,4)7-2/h9-10H,6-8,11H2,1-5H3,(H,15,17). The van der Waals surface area contributed by atoms with E-state index in [2.05, 4.69) is 54.9 Å². The van der Waals surface area contributed by atoms with Gasteiger partial charge in [0.2, 0.25) is 0 Å². The minimum atomic E-state index is 0.195. The molecule has 1 aromatic heterocycles. The lowest BCUT2D eigenvalue weighted by molar-refractivity contribution is 0.141. The van der Waals surface area contributed by atoms with Crippen molar-refractivity contribution in [1.82, 2.24) is 14.9 Å². The number of rotatable bonds is 7. The summed E-state index contributed by atoms with van der Waals surface area (Å²) >= 11 is 0. The first-order valence-electron chi connectivity index (χ1n) is 6.75. The summed E-state index contributed by atoms with van der Waals surface area (Å²) in [6.45, 7) is 10.6. The van der Waals surface area contributed by atoms with Crippen LogP contribution >= 0.6 is 0 Å². The lowest BCUT2D eigenvalue weighted by Gasteiger charge is -2.34. The number of aromatic nitrogens is 2. The highest BCUT2D eigenvalue weighted by atomic mass is 15.2. The molecule has 0 amide bonds. The second-order valence-corrected chi connectivity index (χ2v) is 5.34. The van der Waals surface area contributed by atoms with Crippen LogP contribution < -0.4 is 5.32 Å². The quantitative estimate of drug-likeness (QED) is 0.808. The molecular weight excluding hydrogens is 224 g/mol. The maximum atomic E-state index is 4.45. The maximum absolute atomic E-state index is 4.45. The Morgan fingerprint density at radius 2 is 1.94 bits per heavy atom. The fourth-order valence-electron chi connectivity index (χ4n) is 1.51. The zero-order valence-electron chi connectivity index (χ0n) is 12.3. The largest absolute Gasteiger partial charge is 0.369 e. The Morgan fingerprint density at radius 3 is 2.44 bits per heavy atom. The third-order valence-corrected chi connectivity index (χ3v) is 3.56. The van der Waals surface area contributed by atoms with Gasteiger partial charge in [-0.25, -0.2) is 4.98 Å². The van der Waals surface area contributed by atoms with Crippen LogP contribution in [0.2, 0.25) is 0 Å². The molecule has 0 aliphatic rings. The summed E-state index contributed by atoms with van der Waals surface area (Å²) in [7, 11) is 2.13. The van der Waals surface area contributed by atoms with Crippen LogP contribution in [0, 0.1) is 0 Å². The van der Waals surface area contributed by atoms with Crippen LogP contribution in [0.4, 0.5) is 5.82 Å². The topological polar surface area (TPSA) is 41.1 Å². The number of anilines is 1. The van der Waals surface area contributed by atoms with E-state index in [-0.39, 0.29) is 5.54 Å². The van der Waals surface area contributed by atoms with Gasteiger partial charge in [0.1, 0.15) is 5.82 Å². The fraction of sp³-hybridized carbons (Fsp3) is 0.714. The smallest absolute Gasteiger partial charge is 0.144 e. The second kappa shape index (κ2) is 6.69. The van der Waals surface area contributed by atoms with Crippen LogP contribution in [0.25, 0.3) is 0 Å². The first-order valence-corrected chi connectivity index (χ1v) is 6.75. The molecule has 18 heavy (non-hydrogen) atoms. The van der Waals surface area contributed by atoms with Crippen molar-refractivity contribution in [3.05, 3.63) is 18.1 Å². The summed E-state index contributed by atoms with van der Waals surface area (Å²) in [6, 6.07) is 0. The molecule has 1 heterocycles. The van der Waals surface area contributed by atoms with E-state index < -0.39 is 0 Å². The zero-order chi connectivity index (χ0) is 13.6. The molecule has 0 aliphatic carbocycles. The molecule has 0 saturated heterocycles. The van der Waals surface area contributed by atoms with E-state index in [0.717, 1.165) is 37.4 Å². The van der Waals surface area contributed by atoms with Gasteiger partial charge < -0.3 is 5.32 Å². The summed E-state index contributed by atoms with van der Waals surface area (Å²) in [6.07, 6.45) is 5.89. The minimum Gasteiger partial charge on any atom is -0.369 e. The molecule has 1 aromatic rings. The van der Waals surface area contributed by atoms with Crippen molar-refractivity contribution in [2.75, 3.05) is 18.9 Å². The molecule has 0 fully saturated rings. The number of nitrogens with zero attached hydrogens (tertiary/aromatic N) is 3. The Hall–Kier alpha value is -1.16. The van der Waals surface area contributed by atoms with Gasteiger partial charge in [0.15, 0.2) is 0 Å². The molecule has 0 radical (unpaired) electrons. The van der Waals surface area contributed by atoms with Crippen molar-refractivity contribution < 1.29 is 0 Å². The van der Waals surface area contributed by atoms with Crippen LogP contribution in [0.15, 0.2) is 12.4 Å². The highest BCUT2D eigenvalue weighted by Crippen LogP contribution is 2.18. The Kier molecular flexibility index (Phi) is 5.54. The lowest BCUT2D eigenvalue weighted by Crippen LogP contribution is -2.40. The highest BCUT2D eigenvalue weighted by Gasteiger charge is 2.21. The van der Waals surface area contributed by atoms with Crippen LogP contribution in [0.3, 0.4) is 0 Å². The lowest BCUT2D eigenvalue weighted by atomic mass is 10.00. The van der Waals surface area contributed by atoms with Gasteiger partial charge in [0.25, 0.3) is 0 Å². The van der Waals surface area contributed by atoms with Crippen LogP contribution in [-0.2, 0) is 6.54 Å². The van der Waals surface area contributed by atoms with Gasteiger partial charge in [-0.3, -0.25) is 9.88 Å². The second-order valence-electron chi connectivity index (χ2n) is 5.34. The molecule has 1 N–H and O–H groups in total. The van der Waals surface area contributed by atoms with Crippen molar-refractivity contribution in [1.29, 1.82) is 0 Å². The van der Waals surface area contributed by atoms with E-state index in [1.165, 1.54) is 0 Å². The van der Waals surface area contributed by atoms with Gasteiger partial charge in [-0.15, -0.1) is 0 Å². The van der Waals surface area contributed by atoms with E-state index >= 15 is 0 Å². The summed E-state index contributed by atoms with van der Waals surface area (Å²) in [4.78, 5) is 11.1. The third-order valence-electron chi connectivity index (χ3n) is 3.56. The molecule has 4 heteroatoms. The van der Waals surface area contributed by atoms with Gasteiger partial charge in [0, 0.05) is 18.6 Å². The van der Waals surface area contributed by atoms with Gasteiger partial charge in [-0.1, -0.05) is 13.8 Å². The summed E-state index contributed by atoms with van der Waals surface area (Å²) in [5, 5.41) is 3.23.